The van der Waals surface area contributed by atoms with Gasteiger partial charge in [0.15, 0.2) is 0 Å². The molecule has 0 amide bonds. The zero-order valence-corrected chi connectivity index (χ0v) is 29.6. The van der Waals surface area contributed by atoms with Crippen molar-refractivity contribution in [1.82, 2.24) is 0 Å². The topological polar surface area (TPSA) is 16.4 Å². The predicted molar refractivity (Wildman–Crippen MR) is 216 cm³/mol. The lowest BCUT2D eigenvalue weighted by Crippen LogP contribution is -2.21. The van der Waals surface area contributed by atoms with E-state index in [1.165, 1.54) is 87.0 Å². The number of benzene rings is 7. The van der Waals surface area contributed by atoms with E-state index in [0.29, 0.717) is 0 Å². The average molecular weight is 670 g/mol. The van der Waals surface area contributed by atoms with E-state index in [1.54, 1.807) is 0 Å². The van der Waals surface area contributed by atoms with Gasteiger partial charge in [0.25, 0.3) is 0 Å². The number of nitrogens with zero attached hydrogens (tertiary/aromatic N) is 1. The highest BCUT2D eigenvalue weighted by atomic mass is 16.3. The molecule has 0 atom stereocenters. The molecule has 1 saturated carbocycles. The van der Waals surface area contributed by atoms with Crippen molar-refractivity contribution in [2.75, 3.05) is 4.90 Å². The summed E-state index contributed by atoms with van der Waals surface area (Å²) in [4.78, 5) is 2.49. The van der Waals surface area contributed by atoms with Crippen molar-refractivity contribution in [3.05, 3.63) is 174 Å². The van der Waals surface area contributed by atoms with Crippen LogP contribution in [0, 0.1) is 0 Å². The summed E-state index contributed by atoms with van der Waals surface area (Å²) in [5.74, 6) is 0. The van der Waals surface area contributed by atoms with Crippen LogP contribution >= 0.6 is 0 Å². The SMILES string of the molecule is CC1(C)c2ccccc2-c2cccc(-c3cccc(N(c4ccc5c(c4)C4(CCCC4)c4ccccc4-5)c4cccc5oc6ccccc6c45)c3)c21. The summed E-state index contributed by atoms with van der Waals surface area (Å²) in [5, 5.41) is 2.27. The van der Waals surface area contributed by atoms with Crippen LogP contribution in [0.3, 0.4) is 0 Å². The third-order valence-electron chi connectivity index (χ3n) is 12.6. The summed E-state index contributed by atoms with van der Waals surface area (Å²) in [6, 6.07) is 56.4. The smallest absolute Gasteiger partial charge is 0.137 e. The lowest BCUT2D eigenvalue weighted by atomic mass is 9.76. The monoisotopic (exact) mass is 669 g/mol. The first kappa shape index (κ1) is 29.8. The molecule has 0 unspecified atom stereocenters. The number of rotatable bonds is 4. The number of fused-ring (bicyclic) bond motifs is 11. The molecule has 1 spiro atoms. The Morgan fingerprint density at radius 1 is 0.500 bits per heavy atom. The number of furan rings is 1. The molecule has 7 aromatic carbocycles. The summed E-state index contributed by atoms with van der Waals surface area (Å²) in [7, 11) is 0. The van der Waals surface area contributed by atoms with Crippen molar-refractivity contribution < 1.29 is 4.42 Å². The van der Waals surface area contributed by atoms with E-state index in [2.05, 4.69) is 170 Å². The molecule has 250 valence electrons. The molecule has 1 aromatic heterocycles. The molecule has 52 heavy (non-hydrogen) atoms. The van der Waals surface area contributed by atoms with Crippen LogP contribution in [0.25, 0.3) is 55.3 Å². The van der Waals surface area contributed by atoms with Crippen molar-refractivity contribution >= 4 is 39.0 Å². The quantitative estimate of drug-likeness (QED) is 0.185. The second-order valence-corrected chi connectivity index (χ2v) is 15.6. The van der Waals surface area contributed by atoms with Gasteiger partial charge in [-0.1, -0.05) is 136 Å². The van der Waals surface area contributed by atoms with Crippen molar-refractivity contribution in [3.8, 4) is 33.4 Å². The minimum absolute atomic E-state index is 0.0784. The Bertz CT molecular complexity index is 2740. The zero-order chi connectivity index (χ0) is 34.6. The highest BCUT2D eigenvalue weighted by Gasteiger charge is 2.45. The van der Waals surface area contributed by atoms with Gasteiger partial charge in [-0.05, 0) is 111 Å². The first-order valence-corrected chi connectivity index (χ1v) is 18.8. The molecule has 1 heterocycles. The second kappa shape index (κ2) is 10.8. The Balaban J connectivity index is 1.15. The Labute approximate surface area is 305 Å². The van der Waals surface area contributed by atoms with E-state index in [9.17, 15) is 0 Å². The predicted octanol–water partition coefficient (Wildman–Crippen LogP) is 13.9. The van der Waals surface area contributed by atoms with Gasteiger partial charge in [0.1, 0.15) is 11.2 Å². The fourth-order valence-electron chi connectivity index (χ4n) is 10.4. The van der Waals surface area contributed by atoms with E-state index in [-0.39, 0.29) is 10.8 Å². The Kier molecular flexibility index (Phi) is 6.21. The maximum atomic E-state index is 6.48. The molecule has 3 aliphatic carbocycles. The summed E-state index contributed by atoms with van der Waals surface area (Å²) in [5.41, 5.74) is 19.0. The van der Waals surface area contributed by atoms with Gasteiger partial charge in [0.05, 0.1) is 11.1 Å². The minimum Gasteiger partial charge on any atom is -0.456 e. The molecule has 3 aliphatic rings. The third kappa shape index (κ3) is 4.01. The van der Waals surface area contributed by atoms with E-state index in [4.69, 9.17) is 4.42 Å². The fourth-order valence-corrected chi connectivity index (χ4v) is 10.4. The van der Waals surface area contributed by atoms with Crippen LogP contribution in [-0.2, 0) is 10.8 Å². The third-order valence-corrected chi connectivity index (χ3v) is 12.6. The van der Waals surface area contributed by atoms with Gasteiger partial charge in [-0.25, -0.2) is 0 Å². The van der Waals surface area contributed by atoms with Crippen LogP contribution in [0.5, 0.6) is 0 Å². The first-order chi connectivity index (χ1) is 25.5. The molecule has 0 radical (unpaired) electrons. The van der Waals surface area contributed by atoms with Crippen LogP contribution in [0.4, 0.5) is 17.1 Å². The molecular weight excluding hydrogens is 631 g/mol. The van der Waals surface area contributed by atoms with Gasteiger partial charge in [-0.3, -0.25) is 0 Å². The average Bonchev–Trinajstić information content (AvgIpc) is 3.95. The lowest BCUT2D eigenvalue weighted by Gasteiger charge is -2.30. The van der Waals surface area contributed by atoms with Gasteiger partial charge in [-0.2, -0.15) is 0 Å². The van der Waals surface area contributed by atoms with E-state index >= 15 is 0 Å². The number of hydrogen-bond donors (Lipinski definition) is 0. The number of para-hydroxylation sites is 1. The zero-order valence-electron chi connectivity index (χ0n) is 29.6. The molecule has 8 aromatic rings. The van der Waals surface area contributed by atoms with Gasteiger partial charge in [0, 0.05) is 27.6 Å². The van der Waals surface area contributed by atoms with Crippen molar-refractivity contribution in [1.29, 1.82) is 0 Å². The van der Waals surface area contributed by atoms with Crippen molar-refractivity contribution in [2.45, 2.75) is 50.4 Å². The summed E-state index contributed by atoms with van der Waals surface area (Å²) < 4.78 is 6.48. The van der Waals surface area contributed by atoms with Crippen LogP contribution in [0.15, 0.2) is 156 Å². The molecule has 0 aliphatic heterocycles. The van der Waals surface area contributed by atoms with Crippen LogP contribution < -0.4 is 4.90 Å². The van der Waals surface area contributed by atoms with Crippen LogP contribution in [-0.4, -0.2) is 0 Å². The lowest BCUT2D eigenvalue weighted by molar-refractivity contribution is 0.550. The molecule has 0 bridgehead atoms. The molecular formula is C50H39NO. The van der Waals surface area contributed by atoms with Crippen molar-refractivity contribution in [3.63, 3.8) is 0 Å². The largest absolute Gasteiger partial charge is 0.456 e. The maximum absolute atomic E-state index is 6.48. The highest BCUT2D eigenvalue weighted by Crippen LogP contribution is 2.58. The molecule has 2 heteroatoms. The molecule has 11 rings (SSSR count). The second-order valence-electron chi connectivity index (χ2n) is 15.6. The fraction of sp³-hybridized carbons (Fsp3) is 0.160. The Morgan fingerprint density at radius 3 is 2.00 bits per heavy atom. The molecule has 0 N–H and O–H groups in total. The van der Waals surface area contributed by atoms with Gasteiger partial charge in [-0.15, -0.1) is 0 Å². The molecule has 2 nitrogen and oxygen atoms in total. The number of hydrogen-bond acceptors (Lipinski definition) is 2. The number of anilines is 3. The molecule has 1 fully saturated rings. The summed E-state index contributed by atoms with van der Waals surface area (Å²) >= 11 is 0. The summed E-state index contributed by atoms with van der Waals surface area (Å²) in [6.45, 7) is 4.76. The summed E-state index contributed by atoms with van der Waals surface area (Å²) in [6.07, 6.45) is 4.95. The van der Waals surface area contributed by atoms with Gasteiger partial charge >= 0.3 is 0 Å². The van der Waals surface area contributed by atoms with E-state index in [0.717, 1.165) is 33.3 Å². The van der Waals surface area contributed by atoms with Crippen LogP contribution in [0.2, 0.25) is 0 Å². The Morgan fingerprint density at radius 2 is 1.13 bits per heavy atom. The van der Waals surface area contributed by atoms with Gasteiger partial charge in [0.2, 0.25) is 0 Å². The highest BCUT2D eigenvalue weighted by molar-refractivity contribution is 6.13. The van der Waals surface area contributed by atoms with E-state index < -0.39 is 0 Å². The van der Waals surface area contributed by atoms with Gasteiger partial charge < -0.3 is 9.32 Å². The normalized spacial score (nSPS) is 15.9. The minimum atomic E-state index is -0.107. The first-order valence-electron chi connectivity index (χ1n) is 18.8. The molecule has 0 saturated heterocycles. The standard InChI is InChI=1S/C50H39NO/c1-49(2)41-21-6-3-17-37(41)39-20-12-19-35(48(39)49)32-14-11-15-33(30-32)51(44-23-13-25-46-47(44)40-18-5-8-24-45(40)52-46)34-26-27-38-36-16-4-7-22-42(36)50(43(38)31-34)28-9-10-29-50/h3-8,11-27,30-31H,9-10,28-29H2,1-2H3. The maximum Gasteiger partial charge on any atom is 0.137 e. The van der Waals surface area contributed by atoms with Crippen LogP contribution in [0.1, 0.15) is 61.8 Å². The van der Waals surface area contributed by atoms with Crippen molar-refractivity contribution in [2.24, 2.45) is 0 Å². The van der Waals surface area contributed by atoms with E-state index in [1.807, 2.05) is 0 Å². The Hall–Kier alpha value is -5.86.